The molecule has 3 rings (SSSR count). The molecule has 0 bridgehead atoms. The van der Waals surface area contributed by atoms with Gasteiger partial charge in [-0.05, 0) is 55.7 Å². The third-order valence-electron chi connectivity index (χ3n) is 4.32. The molecule has 0 atom stereocenters. The molecule has 2 amide bonds. The van der Waals surface area contributed by atoms with Gasteiger partial charge in [0.2, 0.25) is 10.0 Å². The summed E-state index contributed by atoms with van der Waals surface area (Å²) in [4.78, 5) is 12.1. The number of benzene rings is 2. The van der Waals surface area contributed by atoms with E-state index in [2.05, 4.69) is 10.6 Å². The normalized spacial score (nSPS) is 13.8. The molecule has 27 heavy (non-hydrogen) atoms. The summed E-state index contributed by atoms with van der Waals surface area (Å²) >= 11 is 0. The van der Waals surface area contributed by atoms with E-state index < -0.39 is 33.4 Å². The molecule has 144 valence electrons. The van der Waals surface area contributed by atoms with Crippen LogP contribution < -0.4 is 14.9 Å². The lowest BCUT2D eigenvalue weighted by atomic mass is 10.0. The standard InChI is InChI=1S/C18H19F2N3O3S/c1-2-27(25,26)23-10-4-5-12-11-13(8-9-16(12)23)21-18(24)22-17-14(19)6-3-7-15(17)20/h3,6-9,11H,2,4-5,10H2,1H3,(H2,21,22,24). The molecular weight excluding hydrogens is 376 g/mol. The summed E-state index contributed by atoms with van der Waals surface area (Å²) in [5, 5.41) is 4.65. The van der Waals surface area contributed by atoms with Crippen LogP contribution in [0, 0.1) is 11.6 Å². The van der Waals surface area contributed by atoms with Crippen molar-refractivity contribution >= 4 is 33.1 Å². The predicted molar refractivity (Wildman–Crippen MR) is 101 cm³/mol. The number of urea groups is 1. The quantitative estimate of drug-likeness (QED) is 0.828. The molecule has 0 fully saturated rings. The maximum absolute atomic E-state index is 13.6. The van der Waals surface area contributed by atoms with Gasteiger partial charge in [0.25, 0.3) is 0 Å². The molecule has 6 nitrogen and oxygen atoms in total. The minimum Gasteiger partial charge on any atom is -0.308 e. The van der Waals surface area contributed by atoms with Crippen molar-refractivity contribution in [1.29, 1.82) is 0 Å². The number of amides is 2. The Hall–Kier alpha value is -2.68. The van der Waals surface area contributed by atoms with Crippen molar-refractivity contribution in [3.63, 3.8) is 0 Å². The summed E-state index contributed by atoms with van der Waals surface area (Å²) in [6, 6.07) is 7.34. The molecule has 1 aliphatic heterocycles. The second kappa shape index (κ2) is 7.51. The number of carbonyl (C=O) groups excluding carboxylic acids is 1. The zero-order valence-corrected chi connectivity index (χ0v) is 15.4. The fraction of sp³-hybridized carbons (Fsp3) is 0.278. The van der Waals surface area contributed by atoms with Crippen LogP contribution in [0.4, 0.5) is 30.6 Å². The number of fused-ring (bicyclic) bond motifs is 1. The Morgan fingerprint density at radius 3 is 2.52 bits per heavy atom. The van der Waals surface area contributed by atoms with Gasteiger partial charge in [0.15, 0.2) is 0 Å². The molecule has 0 saturated carbocycles. The highest BCUT2D eigenvalue weighted by molar-refractivity contribution is 7.92. The van der Waals surface area contributed by atoms with Gasteiger partial charge in [-0.1, -0.05) is 6.07 Å². The van der Waals surface area contributed by atoms with Gasteiger partial charge in [-0.25, -0.2) is 22.0 Å². The van der Waals surface area contributed by atoms with E-state index in [0.717, 1.165) is 17.7 Å². The lowest BCUT2D eigenvalue weighted by Gasteiger charge is -2.30. The molecule has 1 aliphatic rings. The van der Waals surface area contributed by atoms with Gasteiger partial charge in [0.1, 0.15) is 17.3 Å². The minimum atomic E-state index is -3.37. The molecule has 2 aromatic rings. The van der Waals surface area contributed by atoms with Crippen LogP contribution in [0.3, 0.4) is 0 Å². The van der Waals surface area contributed by atoms with Gasteiger partial charge in [0.05, 0.1) is 11.4 Å². The van der Waals surface area contributed by atoms with Crippen molar-refractivity contribution in [2.24, 2.45) is 0 Å². The largest absolute Gasteiger partial charge is 0.323 e. The van der Waals surface area contributed by atoms with E-state index in [0.29, 0.717) is 30.8 Å². The number of nitrogens with zero attached hydrogens (tertiary/aromatic N) is 1. The average Bonchev–Trinajstić information content (AvgIpc) is 2.64. The van der Waals surface area contributed by atoms with Crippen LogP contribution in [0.15, 0.2) is 36.4 Å². The highest BCUT2D eigenvalue weighted by atomic mass is 32.2. The number of nitrogens with one attached hydrogen (secondary N) is 2. The summed E-state index contributed by atoms with van der Waals surface area (Å²) in [6.07, 6.45) is 1.34. The summed E-state index contributed by atoms with van der Waals surface area (Å²) < 4.78 is 53.1. The molecule has 1 heterocycles. The van der Waals surface area contributed by atoms with Gasteiger partial charge in [0, 0.05) is 12.2 Å². The number of aryl methyl sites for hydroxylation is 1. The number of anilines is 3. The number of carbonyl (C=O) groups is 1. The van der Waals surface area contributed by atoms with Crippen LogP contribution in [0.25, 0.3) is 0 Å². The van der Waals surface area contributed by atoms with E-state index in [1.165, 1.54) is 10.4 Å². The molecule has 2 N–H and O–H groups in total. The van der Waals surface area contributed by atoms with E-state index >= 15 is 0 Å². The number of hydrogen-bond donors (Lipinski definition) is 2. The second-order valence-corrected chi connectivity index (χ2v) is 8.28. The fourth-order valence-corrected chi connectivity index (χ4v) is 4.17. The van der Waals surface area contributed by atoms with Crippen molar-refractivity contribution in [1.82, 2.24) is 0 Å². The fourth-order valence-electron chi connectivity index (χ4n) is 2.98. The van der Waals surface area contributed by atoms with Crippen LogP contribution in [0.1, 0.15) is 18.9 Å². The molecule has 0 spiro atoms. The first kappa shape index (κ1) is 19.1. The molecule has 9 heteroatoms. The minimum absolute atomic E-state index is 0.00303. The molecular formula is C18H19F2N3O3S. The van der Waals surface area contributed by atoms with Gasteiger partial charge < -0.3 is 10.6 Å². The Bertz CT molecular complexity index is 960. The topological polar surface area (TPSA) is 78.5 Å². The molecule has 0 saturated heterocycles. The number of sulfonamides is 1. The Balaban J connectivity index is 1.78. The van der Waals surface area contributed by atoms with Gasteiger partial charge >= 0.3 is 6.03 Å². The smallest absolute Gasteiger partial charge is 0.308 e. The first-order valence-corrected chi connectivity index (χ1v) is 10.1. The van der Waals surface area contributed by atoms with Crippen molar-refractivity contribution in [3.05, 3.63) is 53.6 Å². The zero-order chi connectivity index (χ0) is 19.6. The summed E-state index contributed by atoms with van der Waals surface area (Å²) in [5.74, 6) is -1.75. The van der Waals surface area contributed by atoms with Crippen molar-refractivity contribution < 1.29 is 22.0 Å². The van der Waals surface area contributed by atoms with E-state index in [1.54, 1.807) is 25.1 Å². The van der Waals surface area contributed by atoms with Crippen LogP contribution in [-0.4, -0.2) is 26.7 Å². The van der Waals surface area contributed by atoms with Crippen LogP contribution in [-0.2, 0) is 16.4 Å². The predicted octanol–water partition coefficient (Wildman–Crippen LogP) is 3.71. The maximum Gasteiger partial charge on any atom is 0.323 e. The van der Waals surface area contributed by atoms with Gasteiger partial charge in [-0.15, -0.1) is 0 Å². The maximum atomic E-state index is 13.6. The van der Waals surface area contributed by atoms with Gasteiger partial charge in [-0.3, -0.25) is 4.31 Å². The first-order chi connectivity index (χ1) is 12.8. The number of para-hydroxylation sites is 1. The molecule has 0 unspecified atom stereocenters. The third kappa shape index (κ3) is 4.02. The lowest BCUT2D eigenvalue weighted by Crippen LogP contribution is -2.36. The van der Waals surface area contributed by atoms with Gasteiger partial charge in [-0.2, -0.15) is 0 Å². The monoisotopic (exact) mass is 395 g/mol. The SMILES string of the molecule is CCS(=O)(=O)N1CCCc2cc(NC(=O)Nc3c(F)cccc3F)ccc21. The summed E-state index contributed by atoms with van der Waals surface area (Å²) in [7, 11) is -3.37. The van der Waals surface area contributed by atoms with E-state index in [-0.39, 0.29) is 5.75 Å². The molecule has 0 aliphatic carbocycles. The summed E-state index contributed by atoms with van der Waals surface area (Å²) in [5.41, 5.74) is 1.24. The zero-order valence-electron chi connectivity index (χ0n) is 14.6. The molecule has 0 aromatic heterocycles. The number of hydrogen-bond acceptors (Lipinski definition) is 3. The Morgan fingerprint density at radius 2 is 1.85 bits per heavy atom. The Morgan fingerprint density at radius 1 is 1.15 bits per heavy atom. The molecule has 0 radical (unpaired) electrons. The third-order valence-corrected chi connectivity index (χ3v) is 6.10. The van der Waals surface area contributed by atoms with Crippen LogP contribution >= 0.6 is 0 Å². The van der Waals surface area contributed by atoms with E-state index in [4.69, 9.17) is 0 Å². The molecule has 2 aromatic carbocycles. The van der Waals surface area contributed by atoms with Crippen molar-refractivity contribution in [2.45, 2.75) is 19.8 Å². The second-order valence-electron chi connectivity index (χ2n) is 6.10. The summed E-state index contributed by atoms with van der Waals surface area (Å²) in [6.45, 7) is 2.01. The first-order valence-electron chi connectivity index (χ1n) is 8.47. The Labute approximate surface area is 156 Å². The van der Waals surface area contributed by atoms with Crippen LogP contribution in [0.5, 0.6) is 0 Å². The van der Waals surface area contributed by atoms with E-state index in [9.17, 15) is 22.0 Å². The highest BCUT2D eigenvalue weighted by Crippen LogP contribution is 2.32. The highest BCUT2D eigenvalue weighted by Gasteiger charge is 2.26. The van der Waals surface area contributed by atoms with E-state index in [1.807, 2.05) is 0 Å². The average molecular weight is 395 g/mol. The Kier molecular flexibility index (Phi) is 5.31. The van der Waals surface area contributed by atoms with Crippen molar-refractivity contribution in [3.8, 4) is 0 Å². The lowest BCUT2D eigenvalue weighted by molar-refractivity contribution is 0.262. The van der Waals surface area contributed by atoms with Crippen LogP contribution in [0.2, 0.25) is 0 Å². The number of halogens is 2. The number of rotatable bonds is 4. The van der Waals surface area contributed by atoms with Crippen molar-refractivity contribution in [2.75, 3.05) is 27.2 Å².